The fourth-order valence-electron chi connectivity index (χ4n) is 8.67. The van der Waals surface area contributed by atoms with E-state index >= 15 is 0 Å². The minimum absolute atomic E-state index is 0.643. The summed E-state index contributed by atoms with van der Waals surface area (Å²) in [4.78, 5) is 19.7. The van der Waals surface area contributed by atoms with Gasteiger partial charge in [0.15, 0.2) is 17.5 Å². The zero-order chi connectivity index (χ0) is 36.7. The van der Waals surface area contributed by atoms with E-state index in [0.717, 1.165) is 50.0 Å². The molecule has 0 N–H and O–H groups in total. The average Bonchev–Trinajstić information content (AvgIpc) is 3.79. The normalized spacial score (nSPS) is 11.9. The Morgan fingerprint density at radius 3 is 1.75 bits per heavy atom. The maximum absolute atomic E-state index is 4.99. The predicted molar refractivity (Wildman–Crippen MR) is 229 cm³/mol. The summed E-state index contributed by atoms with van der Waals surface area (Å²) in [6.07, 6.45) is 1.87. The molecule has 0 radical (unpaired) electrons. The van der Waals surface area contributed by atoms with Gasteiger partial charge in [-0.1, -0.05) is 127 Å². The third-order valence-electron chi connectivity index (χ3n) is 11.1. The maximum Gasteiger partial charge on any atom is 0.164 e. The van der Waals surface area contributed by atoms with Gasteiger partial charge in [0, 0.05) is 50.1 Å². The highest BCUT2D eigenvalue weighted by Crippen LogP contribution is 2.45. The summed E-state index contributed by atoms with van der Waals surface area (Å²) in [5.41, 5.74) is 8.59. The molecule has 0 saturated carbocycles. The van der Waals surface area contributed by atoms with E-state index in [9.17, 15) is 0 Å². The number of rotatable bonds is 5. The predicted octanol–water partition coefficient (Wildman–Crippen LogP) is 12.2. The molecule has 0 atom stereocenters. The highest BCUT2D eigenvalue weighted by Gasteiger charge is 2.23. The van der Waals surface area contributed by atoms with Gasteiger partial charge in [0.2, 0.25) is 0 Å². The lowest BCUT2D eigenvalue weighted by atomic mass is 9.98. The van der Waals surface area contributed by atoms with Crippen LogP contribution >= 0.6 is 0 Å². The van der Waals surface area contributed by atoms with Crippen LogP contribution in [0.1, 0.15) is 0 Å². The number of benzene rings is 8. The van der Waals surface area contributed by atoms with E-state index in [1.54, 1.807) is 0 Å². The lowest BCUT2D eigenvalue weighted by Crippen LogP contribution is -2.00. The Morgan fingerprint density at radius 2 is 0.982 bits per heavy atom. The van der Waals surface area contributed by atoms with Crippen molar-refractivity contribution in [2.24, 2.45) is 0 Å². The highest BCUT2D eigenvalue weighted by molar-refractivity contribution is 6.33. The number of hydrogen-bond acceptors (Lipinski definition) is 4. The average molecular weight is 715 g/mol. The summed E-state index contributed by atoms with van der Waals surface area (Å²) in [6.45, 7) is 0. The van der Waals surface area contributed by atoms with Crippen LogP contribution in [0.25, 0.3) is 111 Å². The van der Waals surface area contributed by atoms with E-state index in [-0.39, 0.29) is 0 Å². The van der Waals surface area contributed by atoms with Crippen LogP contribution in [-0.4, -0.2) is 29.1 Å². The minimum atomic E-state index is 0.643. The lowest BCUT2D eigenvalue weighted by molar-refractivity contribution is 1.07. The topological polar surface area (TPSA) is 61.4 Å². The smallest absolute Gasteiger partial charge is 0.164 e. The fourth-order valence-corrected chi connectivity index (χ4v) is 8.67. The quantitative estimate of drug-likeness (QED) is 0.167. The van der Waals surface area contributed by atoms with Gasteiger partial charge in [-0.3, -0.25) is 4.57 Å². The monoisotopic (exact) mass is 714 g/mol. The Labute approximate surface area is 321 Å². The SMILES string of the molecule is c1ccc(-c2nc(-c3ccccc3)nc(-c3ccc4cc(-n5c6cccc7ccc8c9c%10ccccc%10n(-c%10ccccn%10)c9cc5c8c76)ccc4c3)n2)cc1. The second kappa shape index (κ2) is 11.9. The Bertz CT molecular complexity index is 3400. The van der Waals surface area contributed by atoms with Crippen LogP contribution in [0.3, 0.4) is 0 Å². The first-order chi connectivity index (χ1) is 27.8. The molecular formula is C50H30N6. The van der Waals surface area contributed by atoms with Gasteiger partial charge in [0.05, 0.1) is 22.1 Å². The van der Waals surface area contributed by atoms with Gasteiger partial charge >= 0.3 is 0 Å². The molecule has 0 amide bonds. The summed E-state index contributed by atoms with van der Waals surface area (Å²) in [7, 11) is 0. The Kier molecular flexibility index (Phi) is 6.53. The number of hydrogen-bond donors (Lipinski definition) is 0. The summed E-state index contributed by atoms with van der Waals surface area (Å²) >= 11 is 0. The van der Waals surface area contributed by atoms with Crippen LogP contribution < -0.4 is 0 Å². The van der Waals surface area contributed by atoms with Crippen molar-refractivity contribution in [3.8, 4) is 45.7 Å². The second-order valence-corrected chi connectivity index (χ2v) is 14.3. The molecule has 8 aromatic carbocycles. The van der Waals surface area contributed by atoms with Crippen molar-refractivity contribution in [2.45, 2.75) is 0 Å². The van der Waals surface area contributed by atoms with Gasteiger partial charge in [0.25, 0.3) is 0 Å². The van der Waals surface area contributed by atoms with Crippen LogP contribution in [-0.2, 0) is 0 Å². The lowest BCUT2D eigenvalue weighted by Gasteiger charge is -2.12. The molecule has 0 aliphatic carbocycles. The van der Waals surface area contributed by atoms with Crippen molar-refractivity contribution < 1.29 is 0 Å². The van der Waals surface area contributed by atoms with Crippen molar-refractivity contribution >= 4 is 65.2 Å². The molecule has 0 saturated heterocycles. The van der Waals surface area contributed by atoms with Crippen LogP contribution in [0.4, 0.5) is 0 Å². The van der Waals surface area contributed by atoms with Gasteiger partial charge in [-0.15, -0.1) is 0 Å². The number of pyridine rings is 1. The van der Waals surface area contributed by atoms with E-state index in [4.69, 9.17) is 19.9 Å². The molecule has 0 aliphatic heterocycles. The summed E-state index contributed by atoms with van der Waals surface area (Å²) in [5.74, 6) is 2.85. The molecule has 260 valence electrons. The first kappa shape index (κ1) is 30.7. The molecule has 12 aromatic rings. The molecule has 4 heterocycles. The van der Waals surface area contributed by atoms with E-state index < -0.39 is 0 Å². The molecule has 0 aliphatic rings. The maximum atomic E-state index is 4.99. The standard InChI is InChI=1S/C50H30N6/c1-3-12-32(13-4-1)48-52-49(33-14-5-2-6-15-33)54-50(53-48)36-22-21-35-29-37(25-23-34(35)28-36)55-41-19-11-16-31-24-26-39-46-38-17-7-8-18-40(38)56(44-20-9-10-27-51-44)42(46)30-43(55)47(39)45(31)41/h1-30H. The zero-order valence-electron chi connectivity index (χ0n) is 30.0. The molecule has 6 nitrogen and oxygen atoms in total. The molecule has 0 fully saturated rings. The number of fused-ring (bicyclic) bond motifs is 5. The fraction of sp³-hybridized carbons (Fsp3) is 0. The largest absolute Gasteiger partial charge is 0.309 e. The van der Waals surface area contributed by atoms with Crippen molar-refractivity contribution in [1.29, 1.82) is 0 Å². The van der Waals surface area contributed by atoms with Gasteiger partial charge in [-0.25, -0.2) is 19.9 Å². The number of para-hydroxylation sites is 1. The summed E-state index contributed by atoms with van der Waals surface area (Å²) < 4.78 is 4.74. The molecule has 4 aromatic heterocycles. The molecule has 12 rings (SSSR count). The van der Waals surface area contributed by atoms with Gasteiger partial charge in [-0.2, -0.15) is 0 Å². The van der Waals surface area contributed by atoms with Crippen LogP contribution in [0.5, 0.6) is 0 Å². The molecule has 56 heavy (non-hydrogen) atoms. The Balaban J connectivity index is 1.06. The number of aromatic nitrogens is 6. The van der Waals surface area contributed by atoms with Gasteiger partial charge < -0.3 is 4.57 Å². The zero-order valence-corrected chi connectivity index (χ0v) is 30.0. The molecule has 0 spiro atoms. The van der Waals surface area contributed by atoms with Crippen molar-refractivity contribution in [1.82, 2.24) is 29.1 Å². The molecular weight excluding hydrogens is 685 g/mol. The first-order valence-electron chi connectivity index (χ1n) is 18.8. The van der Waals surface area contributed by atoms with E-state index in [2.05, 4.69) is 118 Å². The second-order valence-electron chi connectivity index (χ2n) is 14.3. The Hall–Kier alpha value is -7.70. The summed E-state index contributed by atoms with van der Waals surface area (Å²) in [6, 6.07) is 61.8. The first-order valence-corrected chi connectivity index (χ1v) is 18.8. The third kappa shape index (κ3) is 4.56. The van der Waals surface area contributed by atoms with E-state index in [0.29, 0.717) is 17.5 Å². The van der Waals surface area contributed by atoms with Crippen molar-refractivity contribution in [2.75, 3.05) is 0 Å². The van der Waals surface area contributed by atoms with Crippen molar-refractivity contribution in [3.05, 3.63) is 182 Å². The Morgan fingerprint density at radius 1 is 0.339 bits per heavy atom. The molecule has 0 bridgehead atoms. The van der Waals surface area contributed by atoms with Crippen LogP contribution in [0.15, 0.2) is 182 Å². The van der Waals surface area contributed by atoms with E-state index in [1.807, 2.05) is 72.9 Å². The van der Waals surface area contributed by atoms with Gasteiger partial charge in [0.1, 0.15) is 5.82 Å². The number of nitrogens with zero attached hydrogens (tertiary/aromatic N) is 6. The summed E-state index contributed by atoms with van der Waals surface area (Å²) in [5, 5.41) is 9.76. The van der Waals surface area contributed by atoms with Crippen LogP contribution in [0.2, 0.25) is 0 Å². The van der Waals surface area contributed by atoms with Gasteiger partial charge in [-0.05, 0) is 70.1 Å². The highest BCUT2D eigenvalue weighted by atomic mass is 15.1. The van der Waals surface area contributed by atoms with Crippen molar-refractivity contribution in [3.63, 3.8) is 0 Å². The van der Waals surface area contributed by atoms with Crippen LogP contribution in [0, 0.1) is 0 Å². The third-order valence-corrected chi connectivity index (χ3v) is 11.1. The minimum Gasteiger partial charge on any atom is -0.309 e. The molecule has 6 heteroatoms. The molecule has 0 unspecified atom stereocenters. The van der Waals surface area contributed by atoms with E-state index in [1.165, 1.54) is 43.4 Å².